The molecule has 0 radical (unpaired) electrons. The van der Waals surface area contributed by atoms with Crippen LogP contribution in [0.4, 0.5) is 26.0 Å². The number of halogens is 2. The van der Waals surface area contributed by atoms with Crippen LogP contribution in [0.3, 0.4) is 0 Å². The van der Waals surface area contributed by atoms with E-state index in [1.165, 1.54) is 54.4 Å². The lowest BCUT2D eigenvalue weighted by Crippen LogP contribution is -2.32. The van der Waals surface area contributed by atoms with Gasteiger partial charge in [-0.2, -0.15) is 5.10 Å². The summed E-state index contributed by atoms with van der Waals surface area (Å²) < 4.78 is 33.9. The molecule has 4 aromatic rings. The van der Waals surface area contributed by atoms with Gasteiger partial charge in [0, 0.05) is 11.4 Å². The molecule has 38 heavy (non-hydrogen) atoms. The summed E-state index contributed by atoms with van der Waals surface area (Å²) in [6, 6.07) is 17.3. The maximum Gasteiger partial charge on any atom is 0.261 e. The highest BCUT2D eigenvalue weighted by Crippen LogP contribution is 2.38. The molecule has 5 rings (SSSR count). The minimum absolute atomic E-state index is 0.213. The smallest absolute Gasteiger partial charge is 0.261 e. The minimum atomic E-state index is -0.770. The van der Waals surface area contributed by atoms with Gasteiger partial charge in [0.05, 0.1) is 24.6 Å². The average molecular weight is 516 g/mol. The molecule has 1 aliphatic rings. The molecule has 10 heteroatoms. The van der Waals surface area contributed by atoms with E-state index in [4.69, 9.17) is 4.74 Å². The monoisotopic (exact) mass is 515 g/mol. The average Bonchev–Trinajstić information content (AvgIpc) is 3.33. The first-order valence-electron chi connectivity index (χ1n) is 11.7. The van der Waals surface area contributed by atoms with Gasteiger partial charge in [-0.1, -0.05) is 24.3 Å². The van der Waals surface area contributed by atoms with Gasteiger partial charge in [0.15, 0.2) is 0 Å². The number of carbonyl (C=O) groups is 2. The molecule has 0 saturated carbocycles. The summed E-state index contributed by atoms with van der Waals surface area (Å²) in [5.41, 5.74) is 2.49. The first kappa shape index (κ1) is 24.7. The Bertz CT molecular complexity index is 1550. The van der Waals surface area contributed by atoms with E-state index < -0.39 is 29.5 Å². The number of benzene rings is 3. The molecule has 1 unspecified atom stereocenters. The van der Waals surface area contributed by atoms with Crippen LogP contribution in [-0.2, 0) is 4.79 Å². The summed E-state index contributed by atoms with van der Waals surface area (Å²) in [5, 5.41) is 13.2. The van der Waals surface area contributed by atoms with E-state index in [1.807, 2.05) is 0 Å². The van der Waals surface area contributed by atoms with Crippen LogP contribution in [0.2, 0.25) is 0 Å². The van der Waals surface area contributed by atoms with Crippen molar-refractivity contribution in [2.45, 2.75) is 13.0 Å². The standard InChI is InChI=1S/C28H23F2N5O3/c1-16-24(28(37)34-22-5-3-4-6-23(22)38-2)25(17-7-9-18(29)10-8-17)35-26(32-16)21(15-31-35)27(36)33-20-13-11-19(30)12-14-20/h3-15,25,32H,1-2H3,(H,33,36)(H,34,37). The van der Waals surface area contributed by atoms with Crippen LogP contribution < -0.4 is 20.7 Å². The van der Waals surface area contributed by atoms with Crippen molar-refractivity contribution in [1.82, 2.24) is 9.78 Å². The van der Waals surface area contributed by atoms with Gasteiger partial charge in [0.1, 0.15) is 34.8 Å². The number of nitrogens with one attached hydrogen (secondary N) is 3. The van der Waals surface area contributed by atoms with E-state index in [0.717, 1.165) is 0 Å². The number of carbonyl (C=O) groups excluding carboxylic acids is 2. The van der Waals surface area contributed by atoms with Crippen LogP contribution in [0.25, 0.3) is 0 Å². The summed E-state index contributed by atoms with van der Waals surface area (Å²) >= 11 is 0. The summed E-state index contributed by atoms with van der Waals surface area (Å²) in [6.45, 7) is 1.71. The maximum atomic E-state index is 13.8. The Morgan fingerprint density at radius 2 is 1.58 bits per heavy atom. The van der Waals surface area contributed by atoms with E-state index in [2.05, 4.69) is 21.0 Å². The Morgan fingerprint density at radius 3 is 2.26 bits per heavy atom. The van der Waals surface area contributed by atoms with Crippen molar-refractivity contribution < 1.29 is 23.1 Å². The molecule has 2 heterocycles. The largest absolute Gasteiger partial charge is 0.495 e. The normalized spacial score (nSPS) is 14.4. The SMILES string of the molecule is COc1ccccc1NC(=O)C1=C(C)Nc2c(C(=O)Nc3ccc(F)cc3)cnn2C1c1ccc(F)cc1. The third kappa shape index (κ3) is 4.71. The number of fused-ring (bicyclic) bond motifs is 1. The number of aromatic nitrogens is 2. The van der Waals surface area contributed by atoms with Gasteiger partial charge >= 0.3 is 0 Å². The zero-order chi connectivity index (χ0) is 26.8. The molecule has 192 valence electrons. The van der Waals surface area contributed by atoms with Crippen molar-refractivity contribution in [3.8, 4) is 5.75 Å². The predicted octanol–water partition coefficient (Wildman–Crippen LogP) is 5.35. The molecular weight excluding hydrogens is 492 g/mol. The third-order valence-electron chi connectivity index (χ3n) is 6.16. The Morgan fingerprint density at radius 1 is 0.921 bits per heavy atom. The Kier molecular flexibility index (Phi) is 6.61. The Balaban J connectivity index is 1.54. The first-order chi connectivity index (χ1) is 18.4. The van der Waals surface area contributed by atoms with Crippen LogP contribution >= 0.6 is 0 Å². The van der Waals surface area contributed by atoms with Gasteiger partial charge in [0.2, 0.25) is 0 Å². The van der Waals surface area contributed by atoms with Crippen molar-refractivity contribution in [2.75, 3.05) is 23.1 Å². The number of para-hydroxylation sites is 2. The highest BCUT2D eigenvalue weighted by molar-refractivity contribution is 6.09. The van der Waals surface area contributed by atoms with Gasteiger partial charge in [-0.25, -0.2) is 13.5 Å². The highest BCUT2D eigenvalue weighted by atomic mass is 19.1. The minimum Gasteiger partial charge on any atom is -0.495 e. The molecule has 0 bridgehead atoms. The quantitative estimate of drug-likeness (QED) is 0.322. The number of ether oxygens (including phenoxy) is 1. The van der Waals surface area contributed by atoms with Gasteiger partial charge < -0.3 is 20.7 Å². The fourth-order valence-electron chi connectivity index (χ4n) is 4.34. The molecular formula is C28H23F2N5O3. The molecule has 3 aromatic carbocycles. The van der Waals surface area contributed by atoms with Crippen LogP contribution in [0.15, 0.2) is 90.3 Å². The molecule has 1 atom stereocenters. The van der Waals surface area contributed by atoms with Gasteiger partial charge in [-0.3, -0.25) is 9.59 Å². The van der Waals surface area contributed by atoms with Crippen molar-refractivity contribution in [1.29, 1.82) is 0 Å². The number of allylic oxidation sites excluding steroid dienone is 1. The van der Waals surface area contributed by atoms with Crippen LogP contribution in [0, 0.1) is 11.6 Å². The van der Waals surface area contributed by atoms with Crippen LogP contribution in [0.5, 0.6) is 5.75 Å². The van der Waals surface area contributed by atoms with Crippen molar-refractivity contribution >= 4 is 29.0 Å². The number of rotatable bonds is 6. The second kappa shape index (κ2) is 10.2. The summed E-state index contributed by atoms with van der Waals surface area (Å²) in [5.74, 6) is -0.908. The van der Waals surface area contributed by atoms with Gasteiger partial charge in [-0.05, 0) is 61.0 Å². The highest BCUT2D eigenvalue weighted by Gasteiger charge is 2.35. The first-order valence-corrected chi connectivity index (χ1v) is 11.7. The molecule has 8 nitrogen and oxygen atoms in total. The lowest BCUT2D eigenvalue weighted by molar-refractivity contribution is -0.113. The summed E-state index contributed by atoms with van der Waals surface area (Å²) in [7, 11) is 1.51. The fraction of sp³-hybridized carbons (Fsp3) is 0.107. The summed E-state index contributed by atoms with van der Waals surface area (Å²) in [4.78, 5) is 26.7. The van der Waals surface area contributed by atoms with Crippen LogP contribution in [-0.4, -0.2) is 28.7 Å². The molecule has 1 aromatic heterocycles. The summed E-state index contributed by atoms with van der Waals surface area (Å²) in [6.07, 6.45) is 1.38. The zero-order valence-electron chi connectivity index (χ0n) is 20.5. The van der Waals surface area contributed by atoms with Crippen molar-refractivity contribution in [3.05, 3.63) is 113 Å². The fourth-order valence-corrected chi connectivity index (χ4v) is 4.34. The lowest BCUT2D eigenvalue weighted by Gasteiger charge is -2.30. The maximum absolute atomic E-state index is 13.8. The molecule has 0 spiro atoms. The molecule has 1 aliphatic heterocycles. The number of methoxy groups -OCH3 is 1. The number of nitrogens with zero attached hydrogens (tertiary/aromatic N) is 2. The van der Waals surface area contributed by atoms with E-state index in [-0.39, 0.29) is 5.56 Å². The lowest BCUT2D eigenvalue weighted by atomic mass is 9.94. The van der Waals surface area contributed by atoms with E-state index in [0.29, 0.717) is 39.8 Å². The second-order valence-corrected chi connectivity index (χ2v) is 8.58. The van der Waals surface area contributed by atoms with E-state index in [9.17, 15) is 18.4 Å². The number of hydrogen-bond acceptors (Lipinski definition) is 5. The third-order valence-corrected chi connectivity index (χ3v) is 6.16. The van der Waals surface area contributed by atoms with E-state index in [1.54, 1.807) is 43.3 Å². The topological polar surface area (TPSA) is 97.3 Å². The molecule has 0 saturated heterocycles. The second-order valence-electron chi connectivity index (χ2n) is 8.58. The van der Waals surface area contributed by atoms with Gasteiger partial charge in [-0.15, -0.1) is 0 Å². The molecule has 0 aliphatic carbocycles. The van der Waals surface area contributed by atoms with E-state index >= 15 is 0 Å². The molecule has 2 amide bonds. The van der Waals surface area contributed by atoms with Gasteiger partial charge in [0.25, 0.3) is 11.8 Å². The Labute approximate surface area is 216 Å². The molecule has 3 N–H and O–H groups in total. The van der Waals surface area contributed by atoms with Crippen molar-refractivity contribution in [3.63, 3.8) is 0 Å². The zero-order valence-corrected chi connectivity index (χ0v) is 20.5. The number of hydrogen-bond donors (Lipinski definition) is 3. The number of amides is 2. The number of anilines is 3. The molecule has 0 fully saturated rings. The van der Waals surface area contributed by atoms with Crippen molar-refractivity contribution in [2.24, 2.45) is 0 Å². The van der Waals surface area contributed by atoms with Crippen LogP contribution in [0.1, 0.15) is 28.9 Å². The predicted molar refractivity (Wildman–Crippen MR) is 139 cm³/mol. The Hall–Kier alpha value is -4.99.